The third-order valence-corrected chi connectivity index (χ3v) is 6.84. The van der Waals surface area contributed by atoms with Crippen LogP contribution in [0.1, 0.15) is 43.6 Å². The van der Waals surface area contributed by atoms with E-state index >= 15 is 0 Å². The lowest BCUT2D eigenvalue weighted by atomic mass is 9.87. The van der Waals surface area contributed by atoms with Gasteiger partial charge in [-0.3, -0.25) is 14.2 Å². The van der Waals surface area contributed by atoms with Crippen LogP contribution >= 0.6 is 0 Å². The molecule has 9 nitrogen and oxygen atoms in total. The van der Waals surface area contributed by atoms with Gasteiger partial charge in [-0.2, -0.15) is 0 Å². The first-order chi connectivity index (χ1) is 18.9. The fourth-order valence-corrected chi connectivity index (χ4v) is 4.96. The molecule has 0 spiro atoms. The van der Waals surface area contributed by atoms with Crippen molar-refractivity contribution in [2.24, 2.45) is 7.05 Å². The Bertz CT molecular complexity index is 1580. The number of fused-ring (bicyclic) bond motifs is 1. The van der Waals surface area contributed by atoms with E-state index in [-0.39, 0.29) is 17.5 Å². The second-order valence-electron chi connectivity index (χ2n) is 9.14. The lowest BCUT2D eigenvalue weighted by Gasteiger charge is -2.39. The fourth-order valence-electron chi connectivity index (χ4n) is 4.96. The molecule has 9 heteroatoms. The topological polar surface area (TPSA) is 103 Å². The van der Waals surface area contributed by atoms with Crippen molar-refractivity contribution < 1.29 is 19.1 Å². The first kappa shape index (κ1) is 25.7. The van der Waals surface area contributed by atoms with Crippen LogP contribution < -0.4 is 20.5 Å². The summed E-state index contributed by atoms with van der Waals surface area (Å²) in [5.41, 5.74) is 3.43. The second-order valence-corrected chi connectivity index (χ2v) is 9.14. The van der Waals surface area contributed by atoms with Gasteiger partial charge in [-0.25, -0.2) is 9.78 Å². The molecule has 1 atom stereocenters. The van der Waals surface area contributed by atoms with Crippen LogP contribution in [0.4, 0.5) is 11.6 Å². The molecular formula is C30H28N4O5. The second kappa shape index (κ2) is 10.8. The van der Waals surface area contributed by atoms with Gasteiger partial charge in [0.15, 0.2) is 5.69 Å². The Balaban J connectivity index is 1.64. The molecule has 2 heterocycles. The van der Waals surface area contributed by atoms with Crippen molar-refractivity contribution in [3.63, 3.8) is 0 Å². The maximum Gasteiger partial charge on any atom is 0.337 e. The summed E-state index contributed by atoms with van der Waals surface area (Å²) in [4.78, 5) is 45.6. The number of methoxy groups -OCH3 is 2. The molecule has 198 valence electrons. The normalized spacial score (nSPS) is 14.3. The minimum Gasteiger partial charge on any atom is -0.489 e. The molecule has 0 bridgehead atoms. The standard InChI is InChI=1S/C30H28N4O5/c1-33-28(36)26(38-2)24(27(35)31-22-12-8-5-9-13-22)32-30(33)34-17-16-20-18-21(29(37)39-3)14-15-23(20)25(34)19-10-6-4-7-11-19/h4-15,18,25H,16-17H2,1-3H3,(H,31,35). The lowest BCUT2D eigenvalue weighted by Crippen LogP contribution is -2.41. The molecule has 0 aliphatic carbocycles. The number of benzene rings is 3. The Morgan fingerprint density at radius 1 is 0.974 bits per heavy atom. The smallest absolute Gasteiger partial charge is 0.337 e. The van der Waals surface area contributed by atoms with Gasteiger partial charge >= 0.3 is 5.97 Å². The zero-order chi connectivity index (χ0) is 27.5. The van der Waals surface area contributed by atoms with Crippen molar-refractivity contribution in [3.8, 4) is 5.75 Å². The van der Waals surface area contributed by atoms with Crippen molar-refractivity contribution in [1.82, 2.24) is 9.55 Å². The largest absolute Gasteiger partial charge is 0.489 e. The predicted octanol–water partition coefficient (Wildman–Crippen LogP) is 3.98. The van der Waals surface area contributed by atoms with Crippen molar-refractivity contribution >= 4 is 23.5 Å². The number of para-hydroxylation sites is 1. The summed E-state index contributed by atoms with van der Waals surface area (Å²) in [6.45, 7) is 0.490. The molecule has 1 aliphatic rings. The zero-order valence-electron chi connectivity index (χ0n) is 21.9. The molecule has 1 N–H and O–H groups in total. The number of rotatable bonds is 6. The molecule has 0 saturated heterocycles. The number of anilines is 2. The quantitative estimate of drug-likeness (QED) is 0.381. The van der Waals surface area contributed by atoms with E-state index in [1.165, 1.54) is 18.8 Å². The first-order valence-electron chi connectivity index (χ1n) is 12.5. The Morgan fingerprint density at radius 3 is 2.33 bits per heavy atom. The highest BCUT2D eigenvalue weighted by Crippen LogP contribution is 2.38. The highest BCUT2D eigenvalue weighted by molar-refractivity contribution is 6.04. The van der Waals surface area contributed by atoms with Crippen molar-refractivity contribution in [3.05, 3.63) is 117 Å². The van der Waals surface area contributed by atoms with E-state index < -0.39 is 17.4 Å². The molecule has 1 aliphatic heterocycles. The minimum absolute atomic E-state index is 0.0990. The summed E-state index contributed by atoms with van der Waals surface area (Å²) in [6, 6.07) is 24.0. The van der Waals surface area contributed by atoms with Crippen molar-refractivity contribution in [2.45, 2.75) is 12.5 Å². The maximum absolute atomic E-state index is 13.4. The molecule has 0 saturated carbocycles. The first-order valence-corrected chi connectivity index (χ1v) is 12.5. The summed E-state index contributed by atoms with van der Waals surface area (Å²) >= 11 is 0. The van der Waals surface area contributed by atoms with Gasteiger partial charge in [0, 0.05) is 19.3 Å². The van der Waals surface area contributed by atoms with Gasteiger partial charge in [0.2, 0.25) is 11.7 Å². The van der Waals surface area contributed by atoms with Gasteiger partial charge in [-0.05, 0) is 47.4 Å². The average molecular weight is 525 g/mol. The van der Waals surface area contributed by atoms with E-state index in [1.54, 1.807) is 37.4 Å². The number of nitrogens with zero attached hydrogens (tertiary/aromatic N) is 3. The van der Waals surface area contributed by atoms with E-state index in [2.05, 4.69) is 5.32 Å². The predicted molar refractivity (Wildman–Crippen MR) is 148 cm³/mol. The number of hydrogen-bond donors (Lipinski definition) is 1. The number of nitrogens with one attached hydrogen (secondary N) is 1. The molecule has 0 radical (unpaired) electrons. The van der Waals surface area contributed by atoms with Gasteiger partial charge in [-0.15, -0.1) is 0 Å². The zero-order valence-corrected chi connectivity index (χ0v) is 21.9. The van der Waals surface area contributed by atoms with Gasteiger partial charge in [0.05, 0.1) is 25.8 Å². The van der Waals surface area contributed by atoms with Gasteiger partial charge < -0.3 is 19.7 Å². The fraction of sp³-hybridized carbons (Fsp3) is 0.200. The van der Waals surface area contributed by atoms with Crippen LogP contribution in [0.15, 0.2) is 83.7 Å². The average Bonchev–Trinajstić information content (AvgIpc) is 2.98. The summed E-state index contributed by atoms with van der Waals surface area (Å²) in [6.07, 6.45) is 0.594. The number of esters is 1. The van der Waals surface area contributed by atoms with Crippen molar-refractivity contribution in [2.75, 3.05) is 31.0 Å². The Hall–Kier alpha value is -4.92. The van der Waals surface area contributed by atoms with E-state index in [1.807, 2.05) is 53.4 Å². The molecule has 5 rings (SSSR count). The molecule has 1 unspecified atom stereocenters. The third kappa shape index (κ3) is 4.86. The summed E-state index contributed by atoms with van der Waals surface area (Å²) < 4.78 is 11.7. The number of amides is 1. The summed E-state index contributed by atoms with van der Waals surface area (Å²) in [5.74, 6) is -0.750. The van der Waals surface area contributed by atoms with Crippen LogP contribution in [0.25, 0.3) is 0 Å². The Morgan fingerprint density at radius 2 is 1.67 bits per heavy atom. The van der Waals surface area contributed by atoms with Gasteiger partial charge in [0.25, 0.3) is 11.5 Å². The number of carbonyl (C=O) groups excluding carboxylic acids is 2. The van der Waals surface area contributed by atoms with Gasteiger partial charge in [-0.1, -0.05) is 54.6 Å². The molecule has 1 amide bonds. The minimum atomic E-state index is -0.548. The van der Waals surface area contributed by atoms with E-state index in [4.69, 9.17) is 14.5 Å². The molecule has 39 heavy (non-hydrogen) atoms. The highest BCUT2D eigenvalue weighted by atomic mass is 16.5. The summed E-state index contributed by atoms with van der Waals surface area (Å²) in [5, 5.41) is 2.80. The van der Waals surface area contributed by atoms with Crippen LogP contribution in [-0.4, -0.2) is 42.2 Å². The maximum atomic E-state index is 13.4. The Labute approximate surface area is 225 Å². The Kier molecular flexibility index (Phi) is 7.14. The van der Waals surface area contributed by atoms with E-state index in [0.29, 0.717) is 30.2 Å². The highest BCUT2D eigenvalue weighted by Gasteiger charge is 2.33. The number of hydrogen-bond acceptors (Lipinski definition) is 7. The van der Waals surface area contributed by atoms with E-state index in [9.17, 15) is 14.4 Å². The molecule has 3 aromatic carbocycles. The van der Waals surface area contributed by atoms with Crippen LogP contribution in [0.5, 0.6) is 5.75 Å². The van der Waals surface area contributed by atoms with Crippen molar-refractivity contribution in [1.29, 1.82) is 0 Å². The molecule has 0 fully saturated rings. The number of carbonyl (C=O) groups is 2. The van der Waals surface area contributed by atoms with Gasteiger partial charge in [0.1, 0.15) is 0 Å². The lowest BCUT2D eigenvalue weighted by molar-refractivity contribution is 0.0600. The SMILES string of the molecule is COC(=O)c1ccc2c(c1)CCN(c1nc(C(=O)Nc3ccccc3)c(OC)c(=O)n1C)C2c1ccccc1. The molecule has 4 aromatic rings. The van der Waals surface area contributed by atoms with Crippen LogP contribution in [-0.2, 0) is 18.2 Å². The van der Waals surface area contributed by atoms with Crippen LogP contribution in [0.3, 0.4) is 0 Å². The third-order valence-electron chi connectivity index (χ3n) is 6.84. The van der Waals surface area contributed by atoms with Crippen LogP contribution in [0, 0.1) is 0 Å². The van der Waals surface area contributed by atoms with E-state index in [0.717, 1.165) is 16.7 Å². The molecule has 1 aromatic heterocycles. The number of aromatic nitrogens is 2. The molecular weight excluding hydrogens is 496 g/mol. The summed E-state index contributed by atoms with van der Waals surface area (Å²) in [7, 11) is 4.32. The monoisotopic (exact) mass is 524 g/mol. The number of ether oxygens (including phenoxy) is 2. The van der Waals surface area contributed by atoms with Crippen LogP contribution in [0.2, 0.25) is 0 Å².